The van der Waals surface area contributed by atoms with Gasteiger partial charge in [0.25, 0.3) is 18.1 Å². The Morgan fingerprint density at radius 3 is 2.43 bits per heavy atom. The van der Waals surface area contributed by atoms with E-state index >= 15 is 0 Å². The second-order valence-corrected chi connectivity index (χ2v) is 11.3. The molecular weight excluding hydrogens is 653 g/mol. The fourth-order valence-corrected chi connectivity index (χ4v) is 5.09. The number of alkyl halides is 3. The fourth-order valence-electron chi connectivity index (χ4n) is 5.09. The molecule has 49 heavy (non-hydrogen) atoms. The molecule has 3 N–H and O–H groups in total. The van der Waals surface area contributed by atoms with E-state index in [0.29, 0.717) is 27.9 Å². The number of carbonyl (C=O) groups excluding carboxylic acids is 3. The van der Waals surface area contributed by atoms with Gasteiger partial charge in [0.2, 0.25) is 0 Å². The predicted molar refractivity (Wildman–Crippen MR) is 164 cm³/mol. The van der Waals surface area contributed by atoms with Crippen LogP contribution in [0.2, 0.25) is 0 Å². The average Bonchev–Trinajstić information content (AvgIpc) is 3.22. The van der Waals surface area contributed by atoms with Crippen LogP contribution in [0.5, 0.6) is 5.75 Å². The number of aliphatic hydroxyl groups excluding tert-OH is 2. The molecule has 0 saturated carbocycles. The lowest BCUT2D eigenvalue weighted by molar-refractivity contribution is -0.183. The number of benzene rings is 3. The highest BCUT2D eigenvalue weighted by molar-refractivity contribution is 6.23. The summed E-state index contributed by atoms with van der Waals surface area (Å²) in [4.78, 5) is 40.4. The highest BCUT2D eigenvalue weighted by Gasteiger charge is 2.52. The van der Waals surface area contributed by atoms with Crippen molar-refractivity contribution in [3.05, 3.63) is 95.4 Å². The molecule has 0 bridgehead atoms. The Balaban J connectivity index is 1.31. The van der Waals surface area contributed by atoms with Crippen LogP contribution in [-0.2, 0) is 31.7 Å². The first-order valence-corrected chi connectivity index (χ1v) is 14.5. The molecular formula is C33H29F3N4O9. The van der Waals surface area contributed by atoms with Gasteiger partial charge in [0.05, 0.1) is 36.5 Å². The minimum atomic E-state index is -4.88. The first-order valence-electron chi connectivity index (χ1n) is 14.5. The van der Waals surface area contributed by atoms with Crippen molar-refractivity contribution in [3.63, 3.8) is 0 Å². The molecule has 3 atom stereocenters. The number of ether oxygens (including phenoxy) is 4. The van der Waals surface area contributed by atoms with Gasteiger partial charge in [0.1, 0.15) is 17.4 Å². The van der Waals surface area contributed by atoms with Gasteiger partial charge in [-0.3, -0.25) is 4.79 Å². The van der Waals surface area contributed by atoms with E-state index in [1.807, 2.05) is 0 Å². The van der Waals surface area contributed by atoms with E-state index in [-0.39, 0.29) is 18.0 Å². The molecule has 0 spiro atoms. The Bertz CT molecular complexity index is 1840. The van der Waals surface area contributed by atoms with Crippen molar-refractivity contribution >= 4 is 35.2 Å². The zero-order valence-corrected chi connectivity index (χ0v) is 26.1. The minimum absolute atomic E-state index is 0.0937. The molecule has 13 nitrogen and oxygen atoms in total. The summed E-state index contributed by atoms with van der Waals surface area (Å²) in [5, 5.41) is 32.7. The number of nitrogens with zero attached hydrogens (tertiary/aromatic N) is 3. The van der Waals surface area contributed by atoms with Crippen LogP contribution in [0.25, 0.3) is 0 Å². The third kappa shape index (κ3) is 7.08. The number of anilines is 3. The van der Waals surface area contributed by atoms with E-state index in [4.69, 9.17) is 19.5 Å². The number of aliphatic hydroxyl groups is 2. The molecule has 256 valence electrons. The van der Waals surface area contributed by atoms with Crippen molar-refractivity contribution in [2.75, 3.05) is 17.3 Å². The molecule has 16 heteroatoms. The third-order valence-electron chi connectivity index (χ3n) is 7.76. The number of hydrogen-bond acceptors (Lipinski definition) is 11. The lowest BCUT2D eigenvalue weighted by Crippen LogP contribution is -2.45. The van der Waals surface area contributed by atoms with Crippen LogP contribution in [-0.4, -0.2) is 64.4 Å². The van der Waals surface area contributed by atoms with Crippen LogP contribution >= 0.6 is 0 Å². The number of hydrogen-bond donors (Lipinski definition) is 3. The maximum Gasteiger partial charge on any atom is 0.515 e. The van der Waals surface area contributed by atoms with Gasteiger partial charge in [-0.05, 0) is 67.9 Å². The van der Waals surface area contributed by atoms with Crippen LogP contribution in [0.3, 0.4) is 0 Å². The van der Waals surface area contributed by atoms with Crippen LogP contribution in [0.1, 0.15) is 30.5 Å². The molecule has 2 aliphatic rings. The maximum absolute atomic E-state index is 13.6. The highest BCUT2D eigenvalue weighted by Crippen LogP contribution is 2.39. The van der Waals surface area contributed by atoms with E-state index < -0.39 is 65.4 Å². The number of halogens is 3. The van der Waals surface area contributed by atoms with Gasteiger partial charge >= 0.3 is 18.4 Å². The Morgan fingerprint density at radius 2 is 1.78 bits per heavy atom. The Labute approximate surface area is 277 Å². The topological polar surface area (TPSA) is 171 Å². The number of para-hydroxylation sites is 1. The summed E-state index contributed by atoms with van der Waals surface area (Å²) in [6, 6.07) is 16.5. The van der Waals surface area contributed by atoms with Gasteiger partial charge in [-0.2, -0.15) is 18.4 Å². The Kier molecular flexibility index (Phi) is 9.43. The van der Waals surface area contributed by atoms with Gasteiger partial charge in [0, 0.05) is 17.5 Å². The SMILES string of the molecule is COC(=O)OC1=C[C@@H](O)[C@H](O)[C@@H](Oc2ccc(Nc3ccccc3CN3C(=O)N(c4ccc(C#N)c(C(F)(F)F)c4)C(=O)C3(C)C)cc2)O1. The van der Waals surface area contributed by atoms with E-state index in [9.17, 15) is 37.8 Å². The molecule has 3 aromatic rings. The van der Waals surface area contributed by atoms with Crippen molar-refractivity contribution < 1.29 is 56.7 Å². The first-order chi connectivity index (χ1) is 23.1. The maximum atomic E-state index is 13.6. The molecule has 3 amide bonds. The molecule has 1 saturated heterocycles. The van der Waals surface area contributed by atoms with Crippen molar-refractivity contribution in [2.24, 2.45) is 0 Å². The second-order valence-electron chi connectivity index (χ2n) is 11.3. The summed E-state index contributed by atoms with van der Waals surface area (Å²) in [6.07, 6.45) is -9.42. The number of imide groups is 1. The molecule has 2 heterocycles. The lowest BCUT2D eigenvalue weighted by Gasteiger charge is -2.30. The number of amides is 3. The van der Waals surface area contributed by atoms with Crippen LogP contribution < -0.4 is 15.0 Å². The highest BCUT2D eigenvalue weighted by atomic mass is 19.4. The van der Waals surface area contributed by atoms with Crippen molar-refractivity contribution in [3.8, 4) is 11.8 Å². The van der Waals surface area contributed by atoms with E-state index in [2.05, 4.69) is 10.1 Å². The molecule has 0 aliphatic carbocycles. The molecule has 0 radical (unpaired) electrons. The minimum Gasteiger partial charge on any atom is -0.452 e. The van der Waals surface area contributed by atoms with E-state index in [1.165, 1.54) is 36.9 Å². The second kappa shape index (κ2) is 13.4. The number of nitrogens with one attached hydrogen (secondary N) is 1. The summed E-state index contributed by atoms with van der Waals surface area (Å²) in [6.45, 7) is 2.88. The zero-order chi connectivity index (χ0) is 35.7. The average molecular weight is 683 g/mol. The molecule has 3 aromatic carbocycles. The van der Waals surface area contributed by atoms with Crippen molar-refractivity contribution in [2.45, 2.75) is 50.6 Å². The monoisotopic (exact) mass is 682 g/mol. The zero-order valence-electron chi connectivity index (χ0n) is 26.1. The van der Waals surface area contributed by atoms with Gasteiger partial charge < -0.3 is 39.4 Å². The summed E-state index contributed by atoms with van der Waals surface area (Å²) in [7, 11) is 1.08. The van der Waals surface area contributed by atoms with E-state index in [1.54, 1.807) is 36.4 Å². The molecule has 5 rings (SSSR count). The Morgan fingerprint density at radius 1 is 1.08 bits per heavy atom. The molecule has 0 unspecified atom stereocenters. The van der Waals surface area contributed by atoms with Gasteiger partial charge in [-0.15, -0.1) is 0 Å². The van der Waals surface area contributed by atoms with E-state index in [0.717, 1.165) is 25.3 Å². The summed E-state index contributed by atoms with van der Waals surface area (Å²) < 4.78 is 61.1. The van der Waals surface area contributed by atoms with Gasteiger partial charge in [-0.25, -0.2) is 14.5 Å². The molecule has 1 fully saturated rings. The fraction of sp³-hybridized carbons (Fsp3) is 0.273. The first kappa shape index (κ1) is 34.5. The van der Waals surface area contributed by atoms with Gasteiger partial charge in [-0.1, -0.05) is 18.2 Å². The molecule has 2 aliphatic heterocycles. The normalized spacial score (nSPS) is 20.2. The van der Waals surface area contributed by atoms with Crippen LogP contribution in [0, 0.1) is 11.3 Å². The van der Waals surface area contributed by atoms with Crippen molar-refractivity contribution in [1.29, 1.82) is 5.26 Å². The number of nitriles is 1. The smallest absolute Gasteiger partial charge is 0.452 e. The predicted octanol–water partition coefficient (Wildman–Crippen LogP) is 5.15. The summed E-state index contributed by atoms with van der Waals surface area (Å²) in [5.74, 6) is -0.943. The number of urea groups is 1. The quantitative estimate of drug-likeness (QED) is 0.212. The molecule has 0 aromatic heterocycles. The number of rotatable bonds is 8. The number of carbonyl (C=O) groups is 3. The Hall–Kier alpha value is -5.79. The third-order valence-corrected chi connectivity index (χ3v) is 7.76. The number of methoxy groups -OCH3 is 1. The van der Waals surface area contributed by atoms with Crippen LogP contribution in [0.15, 0.2) is 78.8 Å². The van der Waals surface area contributed by atoms with Gasteiger partial charge in [0.15, 0.2) is 6.10 Å². The van der Waals surface area contributed by atoms with Crippen LogP contribution in [0.4, 0.5) is 39.8 Å². The van der Waals surface area contributed by atoms with Crippen molar-refractivity contribution in [1.82, 2.24) is 4.90 Å². The standard InChI is InChI=1S/C33H29F3N4O9/c1-32(2)29(43)40(21-11-8-18(16-37)23(14-21)33(34,35)36)30(44)39(32)17-19-6-4-5-7-24(19)38-20-9-12-22(13-10-20)47-28-27(42)25(41)15-26(48-28)49-31(45)46-3/h4-15,25,27-28,38,41-42H,17H2,1-3H3/t25-,27+,28+/m1/s1. The summed E-state index contributed by atoms with van der Waals surface area (Å²) in [5.41, 5.74) is -1.97. The largest absolute Gasteiger partial charge is 0.515 e. The summed E-state index contributed by atoms with van der Waals surface area (Å²) >= 11 is 0. The lowest BCUT2D eigenvalue weighted by atomic mass is 10.0.